The predicted octanol–water partition coefficient (Wildman–Crippen LogP) is 6.30. The minimum atomic E-state index is -1.33. The Morgan fingerprint density at radius 2 is 1.35 bits per heavy atom. The number of methoxy groups -OCH3 is 1. The first-order valence-corrected chi connectivity index (χ1v) is 20.4. The number of hydrogen-bond donors (Lipinski definition) is 5. The maximum Gasteiger partial charge on any atom is 0.405 e. The van der Waals surface area contributed by atoms with Gasteiger partial charge in [0.2, 0.25) is 17.7 Å². The fourth-order valence-electron chi connectivity index (χ4n) is 7.72. The summed E-state index contributed by atoms with van der Waals surface area (Å²) < 4.78 is 5.30. The summed E-state index contributed by atoms with van der Waals surface area (Å²) in [4.78, 5) is 62.1. The maximum absolute atomic E-state index is 14.6. The molecule has 13 nitrogen and oxygen atoms in total. The van der Waals surface area contributed by atoms with E-state index in [1.807, 2.05) is 118 Å². The second-order valence-electron chi connectivity index (χ2n) is 17.7. The van der Waals surface area contributed by atoms with E-state index in [0.717, 1.165) is 27.9 Å². The molecular weight excluding hydrogens is 761 g/mol. The number of nitrogens with one attached hydrogen (secondary N) is 3. The normalized spacial score (nSPS) is 15.7. The van der Waals surface area contributed by atoms with Gasteiger partial charge in [-0.1, -0.05) is 133 Å². The van der Waals surface area contributed by atoms with Gasteiger partial charge in [0.25, 0.3) is 0 Å². The van der Waals surface area contributed by atoms with E-state index in [-0.39, 0.29) is 25.3 Å². The molecule has 3 aromatic carbocycles. The van der Waals surface area contributed by atoms with E-state index >= 15 is 0 Å². The summed E-state index contributed by atoms with van der Waals surface area (Å²) in [5, 5.41) is 30.4. The van der Waals surface area contributed by atoms with E-state index in [4.69, 9.17) is 4.74 Å². The summed E-state index contributed by atoms with van der Waals surface area (Å²) in [6.07, 6.45) is -1.94. The quantitative estimate of drug-likeness (QED) is 0.0826. The van der Waals surface area contributed by atoms with Crippen LogP contribution in [0, 0.1) is 10.8 Å². The van der Waals surface area contributed by atoms with Crippen molar-refractivity contribution in [3.05, 3.63) is 120 Å². The van der Waals surface area contributed by atoms with Crippen LogP contribution in [-0.2, 0) is 29.0 Å². The van der Waals surface area contributed by atoms with Crippen LogP contribution in [0.4, 0.5) is 9.59 Å². The smallest absolute Gasteiger partial charge is 0.405 e. The predicted molar refractivity (Wildman–Crippen MR) is 231 cm³/mol. The van der Waals surface area contributed by atoms with Crippen molar-refractivity contribution in [3.63, 3.8) is 0 Å². The Bertz CT molecular complexity index is 2050. The number of hydrogen-bond acceptors (Lipinski definition) is 7. The van der Waals surface area contributed by atoms with Crippen LogP contribution >= 0.6 is 0 Å². The molecule has 320 valence electrons. The van der Waals surface area contributed by atoms with Crippen molar-refractivity contribution in [3.8, 4) is 17.1 Å². The van der Waals surface area contributed by atoms with E-state index in [0.29, 0.717) is 25.5 Å². The number of rotatable bonds is 17. The van der Waals surface area contributed by atoms with Gasteiger partial charge in [0.15, 0.2) is 0 Å². The first-order chi connectivity index (χ1) is 28.4. The lowest BCUT2D eigenvalue weighted by Gasteiger charge is -2.38. The molecule has 1 fully saturated rings. The minimum absolute atomic E-state index is 0.0142. The molecule has 13 heteroatoms. The first-order valence-electron chi connectivity index (χ1n) is 20.4. The molecule has 2 heterocycles. The lowest BCUT2D eigenvalue weighted by atomic mass is 9.84. The highest BCUT2D eigenvalue weighted by Gasteiger charge is 2.44. The van der Waals surface area contributed by atoms with Crippen LogP contribution in [0.5, 0.6) is 5.88 Å². The van der Waals surface area contributed by atoms with E-state index in [2.05, 4.69) is 20.9 Å². The number of carbonyl (C=O) groups excluding carboxylic acids is 3. The zero-order chi connectivity index (χ0) is 43.6. The highest BCUT2D eigenvalue weighted by Crippen LogP contribution is 2.30. The zero-order valence-corrected chi connectivity index (χ0v) is 35.7. The van der Waals surface area contributed by atoms with E-state index in [1.165, 1.54) is 0 Å². The molecule has 60 heavy (non-hydrogen) atoms. The summed E-state index contributed by atoms with van der Waals surface area (Å²) in [5.74, 6) is -0.443. The van der Waals surface area contributed by atoms with Crippen LogP contribution in [0.15, 0.2) is 103 Å². The van der Waals surface area contributed by atoms with Crippen molar-refractivity contribution >= 4 is 23.9 Å². The molecule has 1 saturated heterocycles. The number of carbonyl (C=O) groups is 4. The third-order valence-electron chi connectivity index (χ3n) is 10.7. The van der Waals surface area contributed by atoms with Crippen LogP contribution in [0.25, 0.3) is 11.3 Å². The largest absolute Gasteiger partial charge is 0.481 e. The van der Waals surface area contributed by atoms with Crippen LogP contribution in [-0.4, -0.2) is 99.4 Å². The number of carboxylic acid groups (broad SMARTS) is 1. The molecule has 0 unspecified atom stereocenters. The molecular formula is C47H60N6O7. The molecule has 5 amide bonds. The second kappa shape index (κ2) is 19.9. The van der Waals surface area contributed by atoms with E-state index in [9.17, 15) is 29.4 Å². The van der Waals surface area contributed by atoms with Gasteiger partial charge in [0.1, 0.15) is 12.1 Å². The van der Waals surface area contributed by atoms with Crippen LogP contribution in [0.3, 0.4) is 0 Å². The lowest BCUT2D eigenvalue weighted by molar-refractivity contribution is -0.131. The van der Waals surface area contributed by atoms with Gasteiger partial charge in [-0.25, -0.2) is 14.6 Å². The number of pyridine rings is 1. The lowest BCUT2D eigenvalue weighted by Crippen LogP contribution is -2.59. The van der Waals surface area contributed by atoms with Gasteiger partial charge < -0.3 is 40.7 Å². The Balaban J connectivity index is 1.42. The number of urea groups is 1. The second-order valence-corrected chi connectivity index (χ2v) is 17.7. The number of aliphatic hydroxyl groups excluding tert-OH is 1. The molecule has 0 radical (unpaired) electrons. The van der Waals surface area contributed by atoms with Gasteiger partial charge in [0, 0.05) is 37.3 Å². The minimum Gasteiger partial charge on any atom is -0.481 e. The van der Waals surface area contributed by atoms with Crippen molar-refractivity contribution < 1.29 is 34.1 Å². The first kappa shape index (κ1) is 45.1. The molecule has 5 N–H and O–H groups in total. The van der Waals surface area contributed by atoms with Gasteiger partial charge >= 0.3 is 12.1 Å². The molecule has 0 spiro atoms. The Labute approximate surface area is 353 Å². The third kappa shape index (κ3) is 12.3. The number of ether oxygens (including phenoxy) is 1. The van der Waals surface area contributed by atoms with Gasteiger partial charge in [0.05, 0.1) is 24.9 Å². The highest BCUT2D eigenvalue weighted by atomic mass is 16.5. The number of aliphatic hydroxyl groups is 1. The zero-order valence-electron chi connectivity index (χ0n) is 35.7. The molecule has 0 saturated carbocycles. The SMILES string of the molecule is COc1cccc(-c2ccc(C[C@@H](C[C@H](O)[C@H](Cc3ccccc3)NC(=O)[C@@H](N3CCN(Cc4ccccc4)C3=O)C(C)(C)C)NC(=O)[C@@H](NC(=O)O)C(C)(C)C)cc2)n1. The van der Waals surface area contributed by atoms with Crippen molar-refractivity contribution in [2.75, 3.05) is 20.2 Å². The van der Waals surface area contributed by atoms with Crippen LogP contribution in [0.2, 0.25) is 0 Å². The van der Waals surface area contributed by atoms with Gasteiger partial charge in [-0.3, -0.25) is 9.59 Å². The fraction of sp³-hybridized carbons (Fsp3) is 0.426. The number of nitrogens with zero attached hydrogens (tertiary/aromatic N) is 3. The molecule has 1 aromatic heterocycles. The molecule has 5 atom stereocenters. The fourth-order valence-corrected chi connectivity index (χ4v) is 7.72. The van der Waals surface area contributed by atoms with Gasteiger partial charge in [-0.2, -0.15) is 0 Å². The number of aromatic nitrogens is 1. The van der Waals surface area contributed by atoms with Gasteiger partial charge in [-0.05, 0) is 52.8 Å². The molecule has 1 aliphatic rings. The Morgan fingerprint density at radius 1 is 0.733 bits per heavy atom. The molecule has 0 bridgehead atoms. The van der Waals surface area contributed by atoms with Crippen molar-refractivity contribution in [1.29, 1.82) is 0 Å². The monoisotopic (exact) mass is 820 g/mol. The number of benzene rings is 3. The summed E-state index contributed by atoms with van der Waals surface area (Å²) in [7, 11) is 1.56. The maximum atomic E-state index is 14.6. The van der Waals surface area contributed by atoms with Crippen LogP contribution < -0.4 is 20.7 Å². The van der Waals surface area contributed by atoms with Crippen molar-refractivity contribution in [1.82, 2.24) is 30.7 Å². The highest BCUT2D eigenvalue weighted by molar-refractivity contribution is 5.89. The Morgan fingerprint density at radius 3 is 1.93 bits per heavy atom. The molecule has 0 aliphatic carbocycles. The average Bonchev–Trinajstić information content (AvgIpc) is 3.54. The average molecular weight is 821 g/mol. The van der Waals surface area contributed by atoms with Crippen molar-refractivity contribution in [2.24, 2.45) is 10.8 Å². The summed E-state index contributed by atoms with van der Waals surface area (Å²) in [5.41, 5.74) is 2.87. The summed E-state index contributed by atoms with van der Waals surface area (Å²) in [6.45, 7) is 12.3. The molecule has 4 aromatic rings. The molecule has 1 aliphatic heterocycles. The van der Waals surface area contributed by atoms with E-state index in [1.54, 1.807) is 43.7 Å². The van der Waals surface area contributed by atoms with E-state index < -0.39 is 59.0 Å². The third-order valence-corrected chi connectivity index (χ3v) is 10.7. The topological polar surface area (TPSA) is 173 Å². The van der Waals surface area contributed by atoms with Crippen LogP contribution in [0.1, 0.15) is 64.7 Å². The number of amides is 5. The summed E-state index contributed by atoms with van der Waals surface area (Å²) in [6, 6.07) is 28.7. The Hall–Kier alpha value is -5.95. The Kier molecular flexibility index (Phi) is 14.9. The van der Waals surface area contributed by atoms with Gasteiger partial charge in [-0.15, -0.1) is 0 Å². The van der Waals surface area contributed by atoms with Crippen molar-refractivity contribution in [2.45, 2.75) is 97.6 Å². The summed E-state index contributed by atoms with van der Waals surface area (Å²) >= 11 is 0. The molecule has 5 rings (SSSR count). The standard InChI is InChI=1S/C47H60N6O7/c1-46(2,3)40(51-44(57)58)42(55)48-35(27-32-21-23-34(24-22-32)36-19-14-20-39(49-36)60-7)29-38(54)37(28-31-15-10-8-11-16-31)50-43(56)41(47(4,5)6)53-26-25-52(45(53)59)30-33-17-12-9-13-18-33/h8-24,35,37-38,40-41,51,54H,25-30H2,1-7H3,(H,48,55)(H,50,56)(H,57,58)/t35-,37-,38-,40+,41+/m0/s1.